The van der Waals surface area contributed by atoms with Crippen LogP contribution in [-0.2, 0) is 6.54 Å². The fourth-order valence-electron chi connectivity index (χ4n) is 3.42. The summed E-state index contributed by atoms with van der Waals surface area (Å²) in [5, 5.41) is 4.40. The Bertz CT molecular complexity index is 388. The Balaban J connectivity index is 2.00. The zero-order valence-electron chi connectivity index (χ0n) is 13.1. The third-order valence-corrected chi connectivity index (χ3v) is 4.61. The number of nitrogens with zero attached hydrogens (tertiary/aromatic N) is 3. The van der Waals surface area contributed by atoms with Crippen LogP contribution in [0.3, 0.4) is 0 Å². The number of nitrogens with two attached hydrogens (primary N) is 1. The first-order chi connectivity index (χ1) is 9.78. The Labute approximate surface area is 123 Å². The fraction of sp³-hybridized carbons (Fsp3) is 0.812. The SMILES string of the molecule is CCCC1CCCN(C(CN)c2cnn(CC)c2)CC1. The van der Waals surface area contributed by atoms with E-state index in [1.54, 1.807) is 0 Å². The number of rotatable bonds is 6. The van der Waals surface area contributed by atoms with Crippen LogP contribution in [0.15, 0.2) is 12.4 Å². The molecule has 1 aromatic rings. The summed E-state index contributed by atoms with van der Waals surface area (Å²) in [7, 11) is 0. The van der Waals surface area contributed by atoms with Crippen LogP contribution in [0.25, 0.3) is 0 Å². The van der Waals surface area contributed by atoms with E-state index in [0.29, 0.717) is 12.6 Å². The molecule has 2 heterocycles. The fourth-order valence-corrected chi connectivity index (χ4v) is 3.42. The van der Waals surface area contributed by atoms with Crippen molar-refractivity contribution < 1.29 is 0 Å². The Morgan fingerprint density at radius 1 is 1.35 bits per heavy atom. The first kappa shape index (κ1) is 15.5. The van der Waals surface area contributed by atoms with Crippen molar-refractivity contribution in [2.75, 3.05) is 19.6 Å². The molecule has 20 heavy (non-hydrogen) atoms. The lowest BCUT2D eigenvalue weighted by Gasteiger charge is -2.29. The van der Waals surface area contributed by atoms with Gasteiger partial charge in [0.15, 0.2) is 0 Å². The highest BCUT2D eigenvalue weighted by molar-refractivity contribution is 5.11. The second kappa shape index (κ2) is 7.79. The summed E-state index contributed by atoms with van der Waals surface area (Å²) in [5.74, 6) is 0.918. The van der Waals surface area contributed by atoms with Crippen LogP contribution in [0.2, 0.25) is 0 Å². The highest BCUT2D eigenvalue weighted by Crippen LogP contribution is 2.27. The van der Waals surface area contributed by atoms with Crippen molar-refractivity contribution in [3.63, 3.8) is 0 Å². The molecule has 4 heteroatoms. The molecule has 1 aliphatic rings. The number of hydrogen-bond donors (Lipinski definition) is 1. The minimum Gasteiger partial charge on any atom is -0.329 e. The number of likely N-dealkylation sites (tertiary alicyclic amines) is 1. The summed E-state index contributed by atoms with van der Waals surface area (Å²) < 4.78 is 2.00. The van der Waals surface area contributed by atoms with Gasteiger partial charge in [0.1, 0.15) is 0 Å². The maximum absolute atomic E-state index is 6.05. The van der Waals surface area contributed by atoms with E-state index in [2.05, 4.69) is 30.0 Å². The lowest BCUT2D eigenvalue weighted by Crippen LogP contribution is -2.34. The number of aromatic nitrogens is 2. The number of hydrogen-bond acceptors (Lipinski definition) is 3. The van der Waals surface area contributed by atoms with E-state index in [-0.39, 0.29) is 0 Å². The van der Waals surface area contributed by atoms with Gasteiger partial charge in [0.25, 0.3) is 0 Å². The second-order valence-electron chi connectivity index (χ2n) is 6.00. The monoisotopic (exact) mass is 278 g/mol. The van der Waals surface area contributed by atoms with E-state index in [1.807, 2.05) is 10.9 Å². The van der Waals surface area contributed by atoms with E-state index in [4.69, 9.17) is 5.73 Å². The second-order valence-corrected chi connectivity index (χ2v) is 6.00. The van der Waals surface area contributed by atoms with E-state index in [0.717, 1.165) is 12.5 Å². The van der Waals surface area contributed by atoms with Gasteiger partial charge in [0.05, 0.1) is 12.2 Å². The molecule has 0 saturated carbocycles. The first-order valence-electron chi connectivity index (χ1n) is 8.24. The quantitative estimate of drug-likeness (QED) is 0.870. The van der Waals surface area contributed by atoms with Crippen molar-refractivity contribution in [2.24, 2.45) is 11.7 Å². The molecule has 0 bridgehead atoms. The van der Waals surface area contributed by atoms with Gasteiger partial charge in [-0.25, -0.2) is 0 Å². The van der Waals surface area contributed by atoms with Crippen LogP contribution in [0, 0.1) is 5.92 Å². The molecule has 2 rings (SSSR count). The summed E-state index contributed by atoms with van der Waals surface area (Å²) >= 11 is 0. The molecule has 0 aromatic carbocycles. The van der Waals surface area contributed by atoms with Gasteiger partial charge in [-0.05, 0) is 45.2 Å². The minimum atomic E-state index is 0.343. The molecule has 2 unspecified atom stereocenters. The Kier molecular flexibility index (Phi) is 6.05. The highest BCUT2D eigenvalue weighted by atomic mass is 15.3. The molecule has 1 aliphatic heterocycles. The van der Waals surface area contributed by atoms with E-state index in [9.17, 15) is 0 Å². The van der Waals surface area contributed by atoms with Crippen molar-refractivity contribution >= 4 is 0 Å². The van der Waals surface area contributed by atoms with Crippen molar-refractivity contribution in [3.8, 4) is 0 Å². The van der Waals surface area contributed by atoms with Crippen molar-refractivity contribution in [3.05, 3.63) is 18.0 Å². The van der Waals surface area contributed by atoms with Crippen molar-refractivity contribution in [1.29, 1.82) is 0 Å². The lowest BCUT2D eigenvalue weighted by atomic mass is 9.96. The first-order valence-corrected chi connectivity index (χ1v) is 8.24. The molecule has 1 fully saturated rings. The van der Waals surface area contributed by atoms with E-state index in [1.165, 1.54) is 50.8 Å². The third kappa shape index (κ3) is 3.83. The topological polar surface area (TPSA) is 47.1 Å². The average Bonchev–Trinajstić information content (AvgIpc) is 2.82. The largest absolute Gasteiger partial charge is 0.329 e. The smallest absolute Gasteiger partial charge is 0.0538 e. The molecule has 1 aromatic heterocycles. The summed E-state index contributed by atoms with van der Waals surface area (Å²) in [5.41, 5.74) is 7.33. The standard InChI is InChI=1S/C16H30N4/c1-3-6-14-7-5-9-19(10-8-14)16(11-17)15-12-18-20(4-2)13-15/h12-14,16H,3-11,17H2,1-2H3. The molecule has 1 saturated heterocycles. The van der Waals surface area contributed by atoms with E-state index < -0.39 is 0 Å². The zero-order valence-corrected chi connectivity index (χ0v) is 13.1. The highest BCUT2D eigenvalue weighted by Gasteiger charge is 2.24. The summed E-state index contributed by atoms with van der Waals surface area (Å²) in [6, 6.07) is 0.343. The summed E-state index contributed by atoms with van der Waals surface area (Å²) in [6.07, 6.45) is 10.9. The van der Waals surface area contributed by atoms with Gasteiger partial charge in [0.2, 0.25) is 0 Å². The van der Waals surface area contributed by atoms with Crippen molar-refractivity contribution in [1.82, 2.24) is 14.7 Å². The Morgan fingerprint density at radius 3 is 2.85 bits per heavy atom. The predicted octanol–water partition coefficient (Wildman–Crippen LogP) is 2.81. The minimum absolute atomic E-state index is 0.343. The summed E-state index contributed by atoms with van der Waals surface area (Å²) in [4.78, 5) is 2.58. The van der Waals surface area contributed by atoms with Gasteiger partial charge in [-0.15, -0.1) is 0 Å². The van der Waals surface area contributed by atoms with Gasteiger partial charge in [0, 0.05) is 24.8 Å². The van der Waals surface area contributed by atoms with Crippen LogP contribution in [0.1, 0.15) is 57.6 Å². The molecule has 114 valence electrons. The normalized spacial score (nSPS) is 22.6. The molecule has 0 spiro atoms. The Hall–Kier alpha value is -0.870. The average molecular weight is 278 g/mol. The van der Waals surface area contributed by atoms with Crippen LogP contribution < -0.4 is 5.73 Å². The molecule has 2 N–H and O–H groups in total. The van der Waals surface area contributed by atoms with Crippen LogP contribution in [0.4, 0.5) is 0 Å². The molecular weight excluding hydrogens is 248 g/mol. The van der Waals surface area contributed by atoms with Gasteiger partial charge in [-0.1, -0.05) is 19.8 Å². The van der Waals surface area contributed by atoms with Gasteiger partial charge in [-0.3, -0.25) is 9.58 Å². The van der Waals surface area contributed by atoms with Crippen LogP contribution in [0.5, 0.6) is 0 Å². The molecule has 2 atom stereocenters. The van der Waals surface area contributed by atoms with Crippen LogP contribution >= 0.6 is 0 Å². The molecule has 0 aliphatic carbocycles. The molecule has 0 radical (unpaired) electrons. The van der Waals surface area contributed by atoms with Crippen LogP contribution in [-0.4, -0.2) is 34.3 Å². The molecular formula is C16H30N4. The van der Waals surface area contributed by atoms with Gasteiger partial charge < -0.3 is 5.73 Å². The Morgan fingerprint density at radius 2 is 2.20 bits per heavy atom. The lowest BCUT2D eigenvalue weighted by molar-refractivity contribution is 0.206. The number of aryl methyl sites for hydroxylation is 1. The van der Waals surface area contributed by atoms with Gasteiger partial charge >= 0.3 is 0 Å². The maximum Gasteiger partial charge on any atom is 0.0538 e. The molecule has 4 nitrogen and oxygen atoms in total. The van der Waals surface area contributed by atoms with Crippen molar-refractivity contribution in [2.45, 2.75) is 58.5 Å². The summed E-state index contributed by atoms with van der Waals surface area (Å²) in [6.45, 7) is 8.40. The maximum atomic E-state index is 6.05. The predicted molar refractivity (Wildman–Crippen MR) is 83.5 cm³/mol. The zero-order chi connectivity index (χ0) is 14.4. The van der Waals surface area contributed by atoms with Gasteiger partial charge in [-0.2, -0.15) is 5.10 Å². The third-order valence-electron chi connectivity index (χ3n) is 4.61. The molecule has 0 amide bonds. The van der Waals surface area contributed by atoms with E-state index >= 15 is 0 Å².